The smallest absolute Gasteiger partial charge is 0.303 e. The zero-order chi connectivity index (χ0) is 12.5. The van der Waals surface area contributed by atoms with E-state index in [0.717, 1.165) is 12.8 Å². The summed E-state index contributed by atoms with van der Waals surface area (Å²) in [4.78, 5) is 21.9. The maximum atomic E-state index is 11.5. The Kier molecular flexibility index (Phi) is 6.67. The molecule has 0 heterocycles. The van der Waals surface area contributed by atoms with E-state index in [2.05, 4.69) is 5.32 Å². The molecule has 2 N–H and O–H groups in total. The normalized spacial score (nSPS) is 18.8. The molecule has 0 aliphatic heterocycles. The minimum absolute atomic E-state index is 0.0709. The van der Waals surface area contributed by atoms with Gasteiger partial charge in [0, 0.05) is 12.5 Å². The number of aliphatic carboxylic acids is 1. The van der Waals surface area contributed by atoms with E-state index in [0.29, 0.717) is 0 Å². The van der Waals surface area contributed by atoms with Gasteiger partial charge in [0.05, 0.1) is 6.42 Å². The van der Waals surface area contributed by atoms with Gasteiger partial charge in [-0.05, 0) is 12.8 Å². The summed E-state index contributed by atoms with van der Waals surface area (Å²) < 4.78 is 0. The van der Waals surface area contributed by atoms with Crippen LogP contribution in [0, 0.1) is 0 Å². The summed E-state index contributed by atoms with van der Waals surface area (Å²) in [5.74, 6) is -1.02. The molecule has 1 fully saturated rings. The number of amides is 1. The molecular formula is C13H23NO3. The molecule has 17 heavy (non-hydrogen) atoms. The molecule has 1 saturated carbocycles. The molecule has 0 saturated heterocycles. The molecule has 1 rings (SSSR count). The Hall–Kier alpha value is -1.06. The highest BCUT2D eigenvalue weighted by Gasteiger charge is 2.13. The van der Waals surface area contributed by atoms with Gasteiger partial charge in [0.1, 0.15) is 0 Å². The number of carboxylic acids is 1. The highest BCUT2D eigenvalue weighted by atomic mass is 16.4. The van der Waals surface area contributed by atoms with Crippen molar-refractivity contribution in [1.29, 1.82) is 0 Å². The Balaban J connectivity index is 2.26. The molecule has 0 aromatic carbocycles. The minimum atomic E-state index is -0.908. The molecule has 0 aromatic heterocycles. The summed E-state index contributed by atoms with van der Waals surface area (Å²) >= 11 is 0. The molecule has 1 aliphatic rings. The van der Waals surface area contributed by atoms with Crippen LogP contribution in [0.15, 0.2) is 0 Å². The lowest BCUT2D eigenvalue weighted by Gasteiger charge is -2.17. The van der Waals surface area contributed by atoms with Crippen molar-refractivity contribution in [3.05, 3.63) is 0 Å². The van der Waals surface area contributed by atoms with Gasteiger partial charge in [-0.3, -0.25) is 9.59 Å². The number of hydrogen-bond acceptors (Lipinski definition) is 2. The van der Waals surface area contributed by atoms with Crippen LogP contribution in [0.1, 0.15) is 64.2 Å². The van der Waals surface area contributed by atoms with Crippen LogP contribution in [-0.2, 0) is 9.59 Å². The van der Waals surface area contributed by atoms with E-state index in [-0.39, 0.29) is 24.8 Å². The topological polar surface area (TPSA) is 66.4 Å². The van der Waals surface area contributed by atoms with E-state index in [4.69, 9.17) is 5.11 Å². The lowest BCUT2D eigenvalue weighted by molar-refractivity contribution is -0.138. The first-order valence-corrected chi connectivity index (χ1v) is 6.69. The average Bonchev–Trinajstić information content (AvgIpc) is 2.40. The third-order valence-electron chi connectivity index (χ3n) is 3.29. The minimum Gasteiger partial charge on any atom is -0.481 e. The highest BCUT2D eigenvalue weighted by Crippen LogP contribution is 2.17. The SMILES string of the molecule is O=C(O)CCC(=O)NC1CCCCCCCC1. The molecule has 0 aromatic rings. The summed E-state index contributed by atoms with van der Waals surface area (Å²) in [6.07, 6.45) is 9.57. The number of carbonyl (C=O) groups excluding carboxylic acids is 1. The van der Waals surface area contributed by atoms with Crippen LogP contribution in [0.5, 0.6) is 0 Å². The van der Waals surface area contributed by atoms with Crippen LogP contribution in [0.25, 0.3) is 0 Å². The zero-order valence-corrected chi connectivity index (χ0v) is 10.4. The van der Waals surface area contributed by atoms with Crippen LogP contribution in [0.4, 0.5) is 0 Å². The number of hydrogen-bond donors (Lipinski definition) is 2. The maximum Gasteiger partial charge on any atom is 0.303 e. The molecule has 4 nitrogen and oxygen atoms in total. The van der Waals surface area contributed by atoms with E-state index in [1.165, 1.54) is 38.5 Å². The van der Waals surface area contributed by atoms with Gasteiger partial charge in [-0.15, -0.1) is 0 Å². The lowest BCUT2D eigenvalue weighted by Crippen LogP contribution is -2.34. The van der Waals surface area contributed by atoms with Crippen molar-refractivity contribution in [2.24, 2.45) is 0 Å². The average molecular weight is 241 g/mol. The summed E-state index contributed by atoms with van der Waals surface area (Å²) in [5.41, 5.74) is 0. The summed E-state index contributed by atoms with van der Waals surface area (Å²) in [7, 11) is 0. The zero-order valence-electron chi connectivity index (χ0n) is 10.4. The first kappa shape index (κ1) is 14.0. The molecule has 0 atom stereocenters. The van der Waals surface area contributed by atoms with Crippen molar-refractivity contribution in [2.75, 3.05) is 0 Å². The fraction of sp³-hybridized carbons (Fsp3) is 0.846. The van der Waals surface area contributed by atoms with Gasteiger partial charge in [-0.1, -0.05) is 38.5 Å². The first-order chi connectivity index (χ1) is 8.18. The summed E-state index contributed by atoms with van der Waals surface area (Å²) in [5, 5.41) is 11.5. The van der Waals surface area contributed by atoms with Crippen molar-refractivity contribution in [3.63, 3.8) is 0 Å². The predicted octanol–water partition coefficient (Wildman–Crippen LogP) is 2.47. The van der Waals surface area contributed by atoms with Gasteiger partial charge in [-0.2, -0.15) is 0 Å². The van der Waals surface area contributed by atoms with Crippen molar-refractivity contribution in [3.8, 4) is 0 Å². The van der Waals surface area contributed by atoms with Crippen molar-refractivity contribution in [1.82, 2.24) is 5.32 Å². The third-order valence-corrected chi connectivity index (χ3v) is 3.29. The standard InChI is InChI=1S/C13H23NO3/c15-12(9-10-13(16)17)14-11-7-5-3-1-2-4-6-8-11/h11H,1-10H2,(H,14,15)(H,16,17). The Morgan fingerprint density at radius 1 is 0.941 bits per heavy atom. The fourth-order valence-electron chi connectivity index (χ4n) is 2.30. The molecule has 1 amide bonds. The molecule has 0 spiro atoms. The highest BCUT2D eigenvalue weighted by molar-refractivity contribution is 5.80. The van der Waals surface area contributed by atoms with E-state index in [9.17, 15) is 9.59 Å². The summed E-state index contributed by atoms with van der Waals surface area (Å²) in [6.45, 7) is 0. The predicted molar refractivity (Wildman–Crippen MR) is 65.7 cm³/mol. The van der Waals surface area contributed by atoms with Gasteiger partial charge < -0.3 is 10.4 Å². The lowest BCUT2D eigenvalue weighted by atomic mass is 10.0. The second-order valence-electron chi connectivity index (χ2n) is 4.86. The molecule has 0 unspecified atom stereocenters. The summed E-state index contributed by atoms with van der Waals surface area (Å²) in [6, 6.07) is 0.259. The van der Waals surface area contributed by atoms with Crippen LogP contribution in [-0.4, -0.2) is 23.0 Å². The Morgan fingerprint density at radius 3 is 2.00 bits per heavy atom. The number of nitrogens with one attached hydrogen (secondary N) is 1. The largest absolute Gasteiger partial charge is 0.481 e. The Morgan fingerprint density at radius 2 is 1.47 bits per heavy atom. The first-order valence-electron chi connectivity index (χ1n) is 6.69. The van der Waals surface area contributed by atoms with E-state index in [1.807, 2.05) is 0 Å². The molecule has 0 radical (unpaired) electrons. The number of carboxylic acid groups (broad SMARTS) is 1. The van der Waals surface area contributed by atoms with Gasteiger partial charge in [-0.25, -0.2) is 0 Å². The van der Waals surface area contributed by atoms with Crippen LogP contribution < -0.4 is 5.32 Å². The van der Waals surface area contributed by atoms with Crippen LogP contribution in [0.2, 0.25) is 0 Å². The number of carbonyl (C=O) groups is 2. The van der Waals surface area contributed by atoms with E-state index < -0.39 is 5.97 Å². The van der Waals surface area contributed by atoms with Crippen molar-refractivity contribution >= 4 is 11.9 Å². The van der Waals surface area contributed by atoms with Gasteiger partial charge in [0.15, 0.2) is 0 Å². The van der Waals surface area contributed by atoms with Crippen molar-refractivity contribution in [2.45, 2.75) is 70.3 Å². The molecule has 1 aliphatic carbocycles. The molecular weight excluding hydrogens is 218 g/mol. The van der Waals surface area contributed by atoms with Crippen molar-refractivity contribution < 1.29 is 14.7 Å². The van der Waals surface area contributed by atoms with Gasteiger partial charge in [0.25, 0.3) is 0 Å². The van der Waals surface area contributed by atoms with E-state index in [1.54, 1.807) is 0 Å². The van der Waals surface area contributed by atoms with Crippen LogP contribution in [0.3, 0.4) is 0 Å². The number of rotatable bonds is 4. The molecule has 4 heteroatoms. The monoisotopic (exact) mass is 241 g/mol. The van der Waals surface area contributed by atoms with Crippen LogP contribution >= 0.6 is 0 Å². The second-order valence-corrected chi connectivity index (χ2v) is 4.86. The second kappa shape index (κ2) is 8.09. The maximum absolute atomic E-state index is 11.5. The quantitative estimate of drug-likeness (QED) is 0.794. The van der Waals surface area contributed by atoms with Gasteiger partial charge in [0.2, 0.25) is 5.91 Å². The Bertz CT molecular complexity index is 243. The fourth-order valence-corrected chi connectivity index (χ4v) is 2.30. The molecule has 0 bridgehead atoms. The van der Waals surface area contributed by atoms with Gasteiger partial charge >= 0.3 is 5.97 Å². The molecule has 98 valence electrons. The van der Waals surface area contributed by atoms with E-state index >= 15 is 0 Å². The Labute approximate surface area is 103 Å². The third kappa shape index (κ3) is 6.97.